The van der Waals surface area contributed by atoms with E-state index in [0.29, 0.717) is 24.1 Å². The highest BCUT2D eigenvalue weighted by molar-refractivity contribution is 7.89. The van der Waals surface area contributed by atoms with Crippen LogP contribution in [0.2, 0.25) is 0 Å². The van der Waals surface area contributed by atoms with Gasteiger partial charge in [-0.1, -0.05) is 32.9 Å². The molecule has 3 rings (SSSR count). The molecular weight excluding hydrogens is 348 g/mol. The van der Waals surface area contributed by atoms with Gasteiger partial charge in [-0.15, -0.1) is 0 Å². The smallest absolute Gasteiger partial charge is 0.243 e. The predicted molar refractivity (Wildman–Crippen MR) is 103 cm³/mol. The standard InChI is InChI=1S/C20H32N2O3S/c1-20(2,3)17-7-9-19(10-8-17)26(23,24)22-13-11-21(12-14-22)16-18-6-4-5-15-25-18/h7-10,18H,4-6,11-16H2,1-3H3/p+1/t18-/m1/s1. The van der Waals surface area contributed by atoms with Crippen molar-refractivity contribution in [2.24, 2.45) is 0 Å². The first-order valence-electron chi connectivity index (χ1n) is 9.83. The third-order valence-corrected chi connectivity index (χ3v) is 7.49. The fraction of sp³-hybridized carbons (Fsp3) is 0.700. The second-order valence-electron chi connectivity index (χ2n) is 8.62. The average Bonchev–Trinajstić information content (AvgIpc) is 2.62. The summed E-state index contributed by atoms with van der Waals surface area (Å²) in [6.07, 6.45) is 3.92. The number of quaternary nitrogens is 1. The van der Waals surface area contributed by atoms with Crippen molar-refractivity contribution in [2.75, 3.05) is 39.3 Å². The number of rotatable bonds is 4. The lowest BCUT2D eigenvalue weighted by atomic mass is 9.87. The highest BCUT2D eigenvalue weighted by Crippen LogP contribution is 2.24. The molecule has 0 spiro atoms. The molecule has 0 bridgehead atoms. The van der Waals surface area contributed by atoms with E-state index in [-0.39, 0.29) is 5.41 Å². The van der Waals surface area contributed by atoms with Crippen molar-refractivity contribution in [3.63, 3.8) is 0 Å². The van der Waals surface area contributed by atoms with E-state index in [2.05, 4.69) is 20.8 Å². The van der Waals surface area contributed by atoms with Gasteiger partial charge in [-0.3, -0.25) is 0 Å². The maximum Gasteiger partial charge on any atom is 0.243 e. The fourth-order valence-electron chi connectivity index (χ4n) is 3.81. The molecule has 6 heteroatoms. The van der Waals surface area contributed by atoms with Gasteiger partial charge in [0, 0.05) is 6.61 Å². The Kier molecular flexibility index (Phi) is 6.07. The van der Waals surface area contributed by atoms with Gasteiger partial charge in [0.2, 0.25) is 10.0 Å². The lowest BCUT2D eigenvalue weighted by Gasteiger charge is -2.34. The monoisotopic (exact) mass is 381 g/mol. The molecule has 1 atom stereocenters. The molecule has 2 aliphatic heterocycles. The van der Waals surface area contributed by atoms with Crippen LogP contribution in [0.25, 0.3) is 0 Å². The maximum atomic E-state index is 12.9. The van der Waals surface area contributed by atoms with Gasteiger partial charge < -0.3 is 9.64 Å². The zero-order valence-corrected chi connectivity index (χ0v) is 17.1. The van der Waals surface area contributed by atoms with Crippen molar-refractivity contribution in [2.45, 2.75) is 56.4 Å². The third kappa shape index (κ3) is 4.66. The van der Waals surface area contributed by atoms with Gasteiger partial charge in [0.25, 0.3) is 0 Å². The van der Waals surface area contributed by atoms with E-state index in [4.69, 9.17) is 4.74 Å². The zero-order valence-electron chi connectivity index (χ0n) is 16.3. The number of ether oxygens (including phenoxy) is 1. The van der Waals surface area contributed by atoms with Crippen molar-refractivity contribution in [3.8, 4) is 0 Å². The summed E-state index contributed by atoms with van der Waals surface area (Å²) in [6, 6.07) is 7.39. The number of nitrogens with zero attached hydrogens (tertiary/aromatic N) is 1. The second-order valence-corrected chi connectivity index (χ2v) is 10.6. The molecule has 0 aliphatic carbocycles. The Bertz CT molecular complexity index is 681. The van der Waals surface area contributed by atoms with E-state index < -0.39 is 10.0 Å². The Labute approximate surface area is 158 Å². The maximum absolute atomic E-state index is 12.9. The van der Waals surface area contributed by atoms with Crippen LogP contribution < -0.4 is 4.90 Å². The number of hydrogen-bond acceptors (Lipinski definition) is 3. The van der Waals surface area contributed by atoms with E-state index in [1.165, 1.54) is 17.7 Å². The van der Waals surface area contributed by atoms with Crippen molar-refractivity contribution >= 4 is 10.0 Å². The molecule has 2 fully saturated rings. The molecule has 0 saturated carbocycles. The Morgan fingerprint density at radius 1 is 1.12 bits per heavy atom. The van der Waals surface area contributed by atoms with Gasteiger partial charge in [0.1, 0.15) is 12.6 Å². The van der Waals surface area contributed by atoms with Gasteiger partial charge in [-0.25, -0.2) is 8.42 Å². The van der Waals surface area contributed by atoms with Crippen molar-refractivity contribution in [1.29, 1.82) is 0 Å². The molecule has 1 aromatic rings. The first-order chi connectivity index (χ1) is 12.3. The Morgan fingerprint density at radius 3 is 2.31 bits per heavy atom. The summed E-state index contributed by atoms with van der Waals surface area (Å²) >= 11 is 0. The van der Waals surface area contributed by atoms with Crippen LogP contribution in [-0.2, 0) is 20.2 Å². The van der Waals surface area contributed by atoms with Crippen LogP contribution in [0.5, 0.6) is 0 Å². The first-order valence-corrected chi connectivity index (χ1v) is 11.3. The lowest BCUT2D eigenvalue weighted by molar-refractivity contribution is -0.907. The van der Waals surface area contributed by atoms with Crippen LogP contribution in [0.1, 0.15) is 45.6 Å². The van der Waals surface area contributed by atoms with Crippen molar-refractivity contribution in [3.05, 3.63) is 29.8 Å². The summed E-state index contributed by atoms with van der Waals surface area (Å²) in [5.74, 6) is 0. The summed E-state index contributed by atoms with van der Waals surface area (Å²) in [7, 11) is -3.39. The summed E-state index contributed by atoms with van der Waals surface area (Å²) < 4.78 is 33.3. The SMILES string of the molecule is CC(C)(C)c1ccc(S(=O)(=O)N2CC[NH+](C[C@H]3CCCCO3)CC2)cc1. The van der Waals surface area contributed by atoms with Crippen molar-refractivity contribution < 1.29 is 18.1 Å². The molecule has 2 aliphatic rings. The molecule has 146 valence electrons. The van der Waals surface area contributed by atoms with E-state index >= 15 is 0 Å². The van der Waals surface area contributed by atoms with Gasteiger partial charge in [0.15, 0.2) is 0 Å². The summed E-state index contributed by atoms with van der Waals surface area (Å²) in [6.45, 7) is 11.2. The minimum atomic E-state index is -3.39. The summed E-state index contributed by atoms with van der Waals surface area (Å²) in [4.78, 5) is 1.87. The fourth-order valence-corrected chi connectivity index (χ4v) is 5.25. The van der Waals surface area contributed by atoms with Crippen LogP contribution in [-0.4, -0.2) is 58.2 Å². The second kappa shape index (κ2) is 7.97. The molecule has 5 nitrogen and oxygen atoms in total. The van der Waals surface area contributed by atoms with Crippen LogP contribution in [0.3, 0.4) is 0 Å². The van der Waals surface area contributed by atoms with Crippen molar-refractivity contribution in [1.82, 2.24) is 4.31 Å². The number of sulfonamides is 1. The molecule has 1 N–H and O–H groups in total. The predicted octanol–water partition coefficient (Wildman–Crippen LogP) is 1.44. The highest BCUT2D eigenvalue weighted by Gasteiger charge is 2.32. The Morgan fingerprint density at radius 2 is 1.77 bits per heavy atom. The Hall–Kier alpha value is -0.950. The molecule has 0 unspecified atom stereocenters. The number of nitrogens with one attached hydrogen (secondary N) is 1. The molecule has 26 heavy (non-hydrogen) atoms. The van der Waals surface area contributed by atoms with Crippen LogP contribution in [0.4, 0.5) is 0 Å². The number of hydrogen-bond donors (Lipinski definition) is 1. The Balaban J connectivity index is 1.59. The van der Waals surface area contributed by atoms with E-state index in [1.54, 1.807) is 16.4 Å². The van der Waals surface area contributed by atoms with Crippen LogP contribution >= 0.6 is 0 Å². The topological polar surface area (TPSA) is 51.0 Å². The minimum Gasteiger partial charge on any atom is -0.372 e. The third-order valence-electron chi connectivity index (χ3n) is 5.58. The number of benzene rings is 1. The van der Waals surface area contributed by atoms with Gasteiger partial charge in [0.05, 0.1) is 31.1 Å². The van der Waals surface area contributed by atoms with E-state index in [9.17, 15) is 8.42 Å². The summed E-state index contributed by atoms with van der Waals surface area (Å²) in [5, 5.41) is 0. The minimum absolute atomic E-state index is 0.0263. The number of piperazine rings is 1. The molecule has 2 saturated heterocycles. The van der Waals surface area contributed by atoms with Crippen LogP contribution in [0.15, 0.2) is 29.2 Å². The average molecular weight is 382 g/mol. The normalized spacial score (nSPS) is 23.9. The molecule has 0 radical (unpaired) electrons. The highest BCUT2D eigenvalue weighted by atomic mass is 32.2. The van der Waals surface area contributed by atoms with E-state index in [1.807, 2.05) is 12.1 Å². The molecule has 1 aromatic carbocycles. The van der Waals surface area contributed by atoms with Crippen LogP contribution in [0, 0.1) is 0 Å². The first kappa shape index (κ1) is 19.8. The van der Waals surface area contributed by atoms with Gasteiger partial charge >= 0.3 is 0 Å². The van der Waals surface area contributed by atoms with Gasteiger partial charge in [-0.2, -0.15) is 4.31 Å². The summed E-state index contributed by atoms with van der Waals surface area (Å²) in [5.41, 5.74) is 1.18. The van der Waals surface area contributed by atoms with Gasteiger partial charge in [-0.05, 0) is 42.4 Å². The zero-order chi connectivity index (χ0) is 18.8. The molecule has 0 aromatic heterocycles. The largest absolute Gasteiger partial charge is 0.372 e. The lowest BCUT2D eigenvalue weighted by Crippen LogP contribution is -3.15. The van der Waals surface area contributed by atoms with E-state index in [0.717, 1.165) is 38.2 Å². The molecule has 0 amide bonds. The molecular formula is C20H33N2O3S+. The molecule has 2 heterocycles. The quantitative estimate of drug-likeness (QED) is 0.859.